The van der Waals surface area contributed by atoms with E-state index in [0.717, 1.165) is 302 Å². The first kappa shape index (κ1) is 80.6. The standard InChI is InChI=1S/C48H28N2O3.2C42H24N2O3/c1-2-9-29(10-3-1)30-19-23-32(24-20-30)49(38-13-7-15-40-44(38)37-11-4-5-14-39(37)51-40)33-25-21-31(22-26-33)34-27-28-36-35-12-6-16-41-45(35)50-46(36)48(34)53-43-18-8-17-42(52-41)47(43)50;1-2-8-26(9-3-1)43(28-20-23-35-33(24-28)30-10-4-5-12-34(30)45-35)27-18-16-25(17-19-27)29-21-22-32-31-11-6-13-36-39(31)44-40(32)42(29)47-38-15-7-14-37(46-36)41(38)44;1-2-8-26(9-3-1)43(28-20-21-31-30-10-4-5-12-34(30)45-38(31)24-28)27-18-16-25(17-19-27)29-22-23-33-32-11-6-13-35-39(32)44-40(33)42(29)47-37-15-7-14-36(46-35)41(37)44/h1-28H;2*1-24H. The Labute approximate surface area is 838 Å². The maximum atomic E-state index is 6.80. The summed E-state index contributed by atoms with van der Waals surface area (Å²) in [5, 5.41) is 13.5. The molecule has 688 valence electrons. The van der Waals surface area contributed by atoms with Crippen molar-refractivity contribution >= 4 is 182 Å². The van der Waals surface area contributed by atoms with Gasteiger partial charge in [0.1, 0.15) is 50.6 Å². The molecule has 15 heteroatoms. The molecule has 34 rings (SSSR count). The Bertz CT molecular complexity index is 10500. The van der Waals surface area contributed by atoms with E-state index in [-0.39, 0.29) is 0 Å². The summed E-state index contributed by atoms with van der Waals surface area (Å²) < 4.78 is 65.1. The lowest BCUT2D eigenvalue weighted by Crippen LogP contribution is -2.10. The minimum Gasteiger partial charge on any atom is -0.456 e. The molecule has 0 aliphatic carbocycles. The van der Waals surface area contributed by atoms with Crippen LogP contribution in [0.5, 0.6) is 69.0 Å². The fraction of sp³-hybridized carbons (Fsp3) is 0. The van der Waals surface area contributed by atoms with E-state index in [2.05, 4.69) is 368 Å². The predicted octanol–water partition coefficient (Wildman–Crippen LogP) is 37.8. The average Bonchev–Trinajstić information content (AvgIpc) is 1.35. The van der Waals surface area contributed by atoms with Crippen LogP contribution in [0.3, 0.4) is 0 Å². The zero-order valence-corrected chi connectivity index (χ0v) is 78.2. The number of aromatic nitrogens is 3. The van der Waals surface area contributed by atoms with Crippen LogP contribution in [-0.2, 0) is 0 Å². The number of hydrogen-bond donors (Lipinski definition) is 0. The lowest BCUT2D eigenvalue weighted by Gasteiger charge is -2.28. The summed E-state index contributed by atoms with van der Waals surface area (Å²) >= 11 is 0. The van der Waals surface area contributed by atoms with Crippen LogP contribution < -0.4 is 43.1 Å². The second kappa shape index (κ2) is 31.2. The van der Waals surface area contributed by atoms with Gasteiger partial charge in [-0.25, -0.2) is 0 Å². The molecule has 0 spiro atoms. The van der Waals surface area contributed by atoms with Crippen LogP contribution in [0.2, 0.25) is 0 Å². The maximum Gasteiger partial charge on any atom is 0.160 e. The lowest BCUT2D eigenvalue weighted by atomic mass is 10.00. The molecule has 0 fully saturated rings. The van der Waals surface area contributed by atoms with E-state index in [0.29, 0.717) is 0 Å². The molecule has 0 saturated heterocycles. The molecule has 12 heterocycles. The molecule has 6 aliphatic heterocycles. The van der Waals surface area contributed by atoms with Gasteiger partial charge >= 0.3 is 0 Å². The van der Waals surface area contributed by atoms with Gasteiger partial charge in [0.15, 0.2) is 69.0 Å². The summed E-state index contributed by atoms with van der Waals surface area (Å²) in [5.74, 6) is 9.97. The van der Waals surface area contributed by atoms with Gasteiger partial charge in [-0.05, 0) is 234 Å². The fourth-order valence-electron chi connectivity index (χ4n) is 23.5. The first-order valence-corrected chi connectivity index (χ1v) is 49.4. The summed E-state index contributed by atoms with van der Waals surface area (Å²) in [5.41, 5.74) is 32.8. The maximum absolute atomic E-state index is 6.80. The van der Waals surface area contributed by atoms with Crippen molar-refractivity contribution in [3.63, 3.8) is 0 Å². The van der Waals surface area contributed by atoms with Gasteiger partial charge in [0.25, 0.3) is 0 Å². The number of rotatable bonds is 13. The van der Waals surface area contributed by atoms with Crippen LogP contribution >= 0.6 is 0 Å². The lowest BCUT2D eigenvalue weighted by molar-refractivity contribution is 0.444. The van der Waals surface area contributed by atoms with Crippen LogP contribution in [0.25, 0.3) is 193 Å². The molecule has 22 aromatic carbocycles. The van der Waals surface area contributed by atoms with Gasteiger partial charge in [-0.1, -0.05) is 249 Å². The predicted molar refractivity (Wildman–Crippen MR) is 590 cm³/mol. The van der Waals surface area contributed by atoms with Crippen molar-refractivity contribution in [1.82, 2.24) is 13.7 Å². The molecule has 0 atom stereocenters. The Morgan fingerprint density at radius 2 is 0.442 bits per heavy atom. The first-order chi connectivity index (χ1) is 72.9. The van der Waals surface area contributed by atoms with Crippen molar-refractivity contribution in [2.75, 3.05) is 14.7 Å². The zero-order chi connectivity index (χ0) is 95.9. The highest BCUT2D eigenvalue weighted by atomic mass is 16.5. The van der Waals surface area contributed by atoms with Crippen LogP contribution in [0, 0.1) is 0 Å². The van der Waals surface area contributed by atoms with Gasteiger partial charge in [-0.3, -0.25) is 13.7 Å². The van der Waals surface area contributed by atoms with Crippen molar-refractivity contribution in [2.45, 2.75) is 0 Å². The molecule has 0 N–H and O–H groups in total. The molecule has 0 bridgehead atoms. The van der Waals surface area contributed by atoms with E-state index in [1.54, 1.807) is 0 Å². The number of nitrogens with zero attached hydrogens (tertiary/aromatic N) is 6. The van der Waals surface area contributed by atoms with Crippen LogP contribution in [-0.4, -0.2) is 13.7 Å². The summed E-state index contributed by atoms with van der Waals surface area (Å²) in [6, 6.07) is 161. The number of para-hydroxylation sites is 11. The van der Waals surface area contributed by atoms with Gasteiger partial charge in [-0.2, -0.15) is 0 Å². The Morgan fingerprint density at radius 3 is 0.898 bits per heavy atom. The van der Waals surface area contributed by atoms with Gasteiger partial charge in [0, 0.05) is 128 Å². The van der Waals surface area contributed by atoms with Gasteiger partial charge in [-0.15, -0.1) is 0 Å². The van der Waals surface area contributed by atoms with Crippen molar-refractivity contribution in [3.05, 3.63) is 461 Å². The third-order valence-electron chi connectivity index (χ3n) is 29.9. The molecular formula is C132H76N6O9. The summed E-state index contributed by atoms with van der Waals surface area (Å²) in [4.78, 5) is 6.89. The average molecular weight is 1890 g/mol. The number of hydrogen-bond acceptors (Lipinski definition) is 12. The number of ether oxygens (including phenoxy) is 6. The number of benzene rings is 22. The topological polar surface area (TPSA) is 119 Å². The van der Waals surface area contributed by atoms with Crippen LogP contribution in [0.4, 0.5) is 51.2 Å². The molecule has 6 aliphatic rings. The van der Waals surface area contributed by atoms with Crippen molar-refractivity contribution in [1.29, 1.82) is 0 Å². The SMILES string of the molecule is c1ccc(-c2ccc(N(c3ccc(-c4ccc5c6cccc7c6n6c5c4Oc4cccc(c4-6)O7)cc3)c3cccc4oc5ccccc5c34)cc2)cc1.c1ccc(N(c2ccc(-c3ccc4c5cccc6c5n5c4c3Oc3cccc(c3-5)O6)cc2)c2ccc3c(c2)oc2ccccc23)cc1.c1ccc(N(c2ccc(-c3ccc4c5cccc6c5n5c4c3Oc3cccc(c3-5)O6)cc2)c2ccc3oc4ccccc4c3c2)cc1. The third-order valence-corrected chi connectivity index (χ3v) is 29.9. The van der Waals surface area contributed by atoms with Gasteiger partial charge in [0.05, 0.1) is 44.2 Å². The highest BCUT2D eigenvalue weighted by Gasteiger charge is 2.39. The number of fused-ring (bicyclic) bond motifs is 12. The molecule has 147 heavy (non-hydrogen) atoms. The second-order valence-corrected chi connectivity index (χ2v) is 37.9. The van der Waals surface area contributed by atoms with Gasteiger partial charge < -0.3 is 56.4 Å². The summed E-state index contributed by atoms with van der Waals surface area (Å²) in [6.07, 6.45) is 0. The largest absolute Gasteiger partial charge is 0.456 e. The monoisotopic (exact) mass is 1890 g/mol. The minimum atomic E-state index is 0.790. The Morgan fingerprint density at radius 1 is 0.156 bits per heavy atom. The van der Waals surface area contributed by atoms with E-state index >= 15 is 0 Å². The van der Waals surface area contributed by atoms with Crippen LogP contribution in [0.15, 0.2) is 474 Å². The molecule has 0 radical (unpaired) electrons. The van der Waals surface area contributed by atoms with E-state index < -0.39 is 0 Å². The summed E-state index contributed by atoms with van der Waals surface area (Å²) in [6.45, 7) is 0. The Balaban J connectivity index is 0.0000000982. The summed E-state index contributed by atoms with van der Waals surface area (Å²) in [7, 11) is 0. The molecule has 6 aromatic heterocycles. The highest BCUT2D eigenvalue weighted by Crippen LogP contribution is 2.62. The number of anilines is 9. The Kier molecular flexibility index (Phi) is 17.1. The van der Waals surface area contributed by atoms with E-state index in [4.69, 9.17) is 41.7 Å². The van der Waals surface area contributed by atoms with Crippen molar-refractivity contribution in [2.24, 2.45) is 0 Å². The minimum absolute atomic E-state index is 0.790. The molecule has 0 saturated carbocycles. The molecular weight excluding hydrogens is 1810 g/mol. The van der Waals surface area contributed by atoms with Crippen molar-refractivity contribution in [3.8, 4) is 131 Å². The normalized spacial score (nSPS) is 12.5. The Hall–Kier alpha value is -20.2. The van der Waals surface area contributed by atoms with E-state index in [1.165, 1.54) is 11.1 Å². The number of furan rings is 3. The van der Waals surface area contributed by atoms with Crippen LogP contribution in [0.1, 0.15) is 0 Å². The van der Waals surface area contributed by atoms with Gasteiger partial charge in [0.2, 0.25) is 0 Å². The second-order valence-electron chi connectivity index (χ2n) is 37.9. The first-order valence-electron chi connectivity index (χ1n) is 49.4. The fourth-order valence-corrected chi connectivity index (χ4v) is 23.5. The highest BCUT2D eigenvalue weighted by molar-refractivity contribution is 6.21. The molecule has 0 unspecified atom stereocenters. The quantitative estimate of drug-likeness (QED) is 0.109. The zero-order valence-electron chi connectivity index (χ0n) is 78.2. The molecule has 28 aromatic rings. The van der Waals surface area contributed by atoms with E-state index in [1.807, 2.05) is 121 Å². The third kappa shape index (κ3) is 12.1. The molecule has 0 amide bonds. The van der Waals surface area contributed by atoms with Crippen molar-refractivity contribution < 1.29 is 41.7 Å². The molecule has 15 nitrogen and oxygen atoms in total. The van der Waals surface area contributed by atoms with E-state index in [9.17, 15) is 0 Å². The smallest absolute Gasteiger partial charge is 0.160 e.